The number of carbonyl (C=O) groups excluding carboxylic acids is 1. The van der Waals surface area contributed by atoms with E-state index >= 15 is 0 Å². The van der Waals surface area contributed by atoms with E-state index in [1.807, 2.05) is 0 Å². The molecule has 17 heavy (non-hydrogen) atoms. The molecule has 1 aliphatic carbocycles. The predicted molar refractivity (Wildman–Crippen MR) is 65.4 cm³/mol. The summed E-state index contributed by atoms with van der Waals surface area (Å²) in [7, 11) is 0. The molecule has 4 N–H and O–H groups in total. The van der Waals surface area contributed by atoms with Crippen LogP contribution in [0, 0.1) is 4.91 Å². The van der Waals surface area contributed by atoms with Gasteiger partial charge in [-0.15, -0.1) is 0 Å². The lowest BCUT2D eigenvalue weighted by Gasteiger charge is -2.07. The van der Waals surface area contributed by atoms with Crippen molar-refractivity contribution in [2.75, 3.05) is 0 Å². The smallest absolute Gasteiger partial charge is 0.314 e. The van der Waals surface area contributed by atoms with E-state index in [-0.39, 0.29) is 16.9 Å². The second-order valence-electron chi connectivity index (χ2n) is 4.65. The Hall–Kier alpha value is -0.970. The lowest BCUT2D eigenvalue weighted by atomic mass is 9.97. The van der Waals surface area contributed by atoms with E-state index < -0.39 is 6.04 Å². The van der Waals surface area contributed by atoms with Crippen molar-refractivity contribution in [3.05, 3.63) is 4.91 Å². The van der Waals surface area contributed by atoms with Crippen LogP contribution in [0.1, 0.15) is 64.2 Å². The molecule has 0 amide bonds. The molecular formula is C12H25N2O3+. The second-order valence-corrected chi connectivity index (χ2v) is 4.65. The molecule has 0 aliphatic heterocycles. The zero-order chi connectivity index (χ0) is 11.8. The average Bonchev–Trinajstić information content (AvgIpc) is 2.22. The van der Waals surface area contributed by atoms with Crippen LogP contribution in [0.2, 0.25) is 0 Å². The summed E-state index contributed by atoms with van der Waals surface area (Å²) in [4.78, 5) is 22.4. The van der Waals surface area contributed by atoms with E-state index in [2.05, 4.69) is 0 Å². The monoisotopic (exact) mass is 245 g/mol. The Morgan fingerprint density at radius 3 is 1.94 bits per heavy atom. The molecule has 1 atom stereocenters. The summed E-state index contributed by atoms with van der Waals surface area (Å²) in [6.07, 6.45) is 9.61. The molecule has 1 rings (SSSR count). The third kappa shape index (κ3) is 6.36. The lowest BCUT2D eigenvalue weighted by Crippen LogP contribution is -2.30. The van der Waals surface area contributed by atoms with Gasteiger partial charge in [0, 0.05) is 12.8 Å². The Labute approximate surface area is 103 Å². The summed E-state index contributed by atoms with van der Waals surface area (Å²) in [6.45, 7) is 0. The van der Waals surface area contributed by atoms with Gasteiger partial charge in [0.25, 0.3) is 0 Å². The molecular weight excluding hydrogens is 220 g/mol. The molecule has 0 aromatic carbocycles. The van der Waals surface area contributed by atoms with Crippen LogP contribution in [-0.4, -0.2) is 22.0 Å². The quantitative estimate of drug-likeness (QED) is 0.694. The Balaban J connectivity index is 0.00000256. The van der Waals surface area contributed by atoms with Crippen molar-refractivity contribution in [3.63, 3.8) is 0 Å². The summed E-state index contributed by atoms with van der Waals surface area (Å²) >= 11 is 0. The topological polar surface area (TPSA) is 92.4 Å². The maximum atomic E-state index is 11.7. The van der Waals surface area contributed by atoms with Gasteiger partial charge < -0.3 is 6.15 Å². The Kier molecular flexibility index (Phi) is 8.58. The van der Waals surface area contributed by atoms with Gasteiger partial charge in [-0.25, -0.2) is 5.21 Å². The standard InChI is InChI=1S/C12H22NO3.H3N/c14-12-10-8-6-4-2-1-3-5-7-9-11(12)13(15)16;/h11H,1-10H2,(H,15,16);1H3/q+1;. The molecule has 5 heteroatoms. The molecule has 1 fully saturated rings. The summed E-state index contributed by atoms with van der Waals surface area (Å²) < 4.78 is 0. The number of rotatable bonds is 1. The summed E-state index contributed by atoms with van der Waals surface area (Å²) in [6, 6.07) is -0.820. The van der Waals surface area contributed by atoms with Gasteiger partial charge >= 0.3 is 6.04 Å². The minimum absolute atomic E-state index is 0. The number of Topliss-reactive ketones (excluding diaryl/α,β-unsaturated/α-hetero) is 1. The van der Waals surface area contributed by atoms with Gasteiger partial charge in [-0.1, -0.05) is 38.5 Å². The molecule has 5 nitrogen and oxygen atoms in total. The Bertz CT molecular complexity index is 244. The van der Waals surface area contributed by atoms with Crippen molar-refractivity contribution in [2.45, 2.75) is 70.3 Å². The van der Waals surface area contributed by atoms with Gasteiger partial charge in [0.2, 0.25) is 10.7 Å². The zero-order valence-electron chi connectivity index (χ0n) is 10.6. The van der Waals surface area contributed by atoms with Crippen LogP contribution in [0.4, 0.5) is 0 Å². The molecule has 0 aromatic rings. The largest absolute Gasteiger partial charge is 0.344 e. The van der Waals surface area contributed by atoms with E-state index in [1.165, 1.54) is 25.7 Å². The van der Waals surface area contributed by atoms with Gasteiger partial charge in [-0.05, 0) is 12.8 Å². The average molecular weight is 245 g/mol. The minimum atomic E-state index is -0.820. The van der Waals surface area contributed by atoms with Crippen molar-refractivity contribution in [3.8, 4) is 0 Å². The van der Waals surface area contributed by atoms with Gasteiger partial charge in [0.15, 0.2) is 0 Å². The second kappa shape index (κ2) is 9.10. The first kappa shape index (κ1) is 16.0. The highest BCUT2D eigenvalue weighted by molar-refractivity contribution is 5.82. The molecule has 0 heterocycles. The SMILES string of the molecule is N.O=C1CCCCCCCCCCC1[N+](=O)O. The number of hydrogen-bond acceptors (Lipinski definition) is 3. The van der Waals surface area contributed by atoms with Crippen LogP contribution in [-0.2, 0) is 4.79 Å². The van der Waals surface area contributed by atoms with Crippen LogP contribution >= 0.6 is 0 Å². The maximum absolute atomic E-state index is 11.7. The van der Waals surface area contributed by atoms with Crippen LogP contribution in [0.25, 0.3) is 0 Å². The molecule has 0 aromatic heterocycles. The fourth-order valence-electron chi connectivity index (χ4n) is 2.26. The minimum Gasteiger partial charge on any atom is -0.344 e. The van der Waals surface area contributed by atoms with Crippen molar-refractivity contribution in [2.24, 2.45) is 0 Å². The number of carbonyl (C=O) groups is 1. The molecule has 0 saturated heterocycles. The molecule has 0 spiro atoms. The Morgan fingerprint density at radius 2 is 1.41 bits per heavy atom. The van der Waals surface area contributed by atoms with Crippen molar-refractivity contribution in [1.82, 2.24) is 6.15 Å². The summed E-state index contributed by atoms with van der Waals surface area (Å²) in [5.74, 6) is -0.0990. The van der Waals surface area contributed by atoms with Gasteiger partial charge in [-0.2, -0.15) is 0 Å². The first-order valence-electron chi connectivity index (χ1n) is 6.40. The van der Waals surface area contributed by atoms with Crippen LogP contribution in [0.3, 0.4) is 0 Å². The molecule has 1 saturated carbocycles. The van der Waals surface area contributed by atoms with Gasteiger partial charge in [-0.3, -0.25) is 4.79 Å². The normalized spacial score (nSPS) is 24.0. The third-order valence-corrected chi connectivity index (χ3v) is 3.29. The van der Waals surface area contributed by atoms with Crippen molar-refractivity contribution < 1.29 is 14.9 Å². The molecule has 0 bridgehead atoms. The van der Waals surface area contributed by atoms with E-state index in [0.29, 0.717) is 12.8 Å². The fourth-order valence-corrected chi connectivity index (χ4v) is 2.26. The number of hydrogen-bond donors (Lipinski definition) is 2. The van der Waals surface area contributed by atoms with Gasteiger partial charge in [0.05, 0.1) is 4.91 Å². The van der Waals surface area contributed by atoms with Crippen molar-refractivity contribution in [1.29, 1.82) is 0 Å². The zero-order valence-corrected chi connectivity index (χ0v) is 10.6. The highest BCUT2D eigenvalue weighted by Gasteiger charge is 2.32. The summed E-state index contributed by atoms with van der Waals surface area (Å²) in [5.41, 5.74) is 0. The van der Waals surface area contributed by atoms with Crippen LogP contribution in [0.5, 0.6) is 0 Å². The third-order valence-electron chi connectivity index (χ3n) is 3.29. The fraction of sp³-hybridized carbons (Fsp3) is 0.917. The molecule has 1 aliphatic rings. The maximum Gasteiger partial charge on any atom is 0.314 e. The highest BCUT2D eigenvalue weighted by atomic mass is 16.6. The highest BCUT2D eigenvalue weighted by Crippen LogP contribution is 2.16. The van der Waals surface area contributed by atoms with Gasteiger partial charge in [0.1, 0.15) is 0 Å². The molecule has 100 valence electrons. The number of ketones is 1. The van der Waals surface area contributed by atoms with Crippen LogP contribution < -0.4 is 6.15 Å². The van der Waals surface area contributed by atoms with E-state index in [9.17, 15) is 9.70 Å². The van der Waals surface area contributed by atoms with E-state index in [1.54, 1.807) is 0 Å². The van der Waals surface area contributed by atoms with Crippen molar-refractivity contribution >= 4 is 5.78 Å². The lowest BCUT2D eigenvalue weighted by molar-refractivity contribution is -0.806. The first-order chi connectivity index (χ1) is 7.72. The van der Waals surface area contributed by atoms with E-state index in [0.717, 1.165) is 25.7 Å². The predicted octanol–water partition coefficient (Wildman–Crippen LogP) is 3.17. The number of nitrogens with zero attached hydrogens (tertiary/aromatic N) is 1. The molecule has 0 radical (unpaired) electrons. The first-order valence-corrected chi connectivity index (χ1v) is 6.40. The summed E-state index contributed by atoms with van der Waals surface area (Å²) in [5, 5.41) is 8.91. The Morgan fingerprint density at radius 1 is 0.941 bits per heavy atom. The van der Waals surface area contributed by atoms with Crippen LogP contribution in [0.15, 0.2) is 0 Å². The van der Waals surface area contributed by atoms with E-state index in [4.69, 9.17) is 5.21 Å². The molecule has 1 unspecified atom stereocenters.